The van der Waals surface area contributed by atoms with Crippen LogP contribution >= 0.6 is 11.3 Å². The topological polar surface area (TPSA) is 79.4 Å². The van der Waals surface area contributed by atoms with Crippen LogP contribution in [0, 0.1) is 0 Å². The normalized spacial score (nSPS) is 19.1. The smallest absolute Gasteiger partial charge is 0.321 e. The second-order valence-corrected chi connectivity index (χ2v) is 8.67. The molecule has 1 aliphatic heterocycles. The van der Waals surface area contributed by atoms with Crippen molar-refractivity contribution in [1.29, 1.82) is 0 Å². The molecule has 0 bridgehead atoms. The molecule has 1 N–H and O–H groups in total. The predicted octanol–water partition coefficient (Wildman–Crippen LogP) is 2.85. The predicted molar refractivity (Wildman–Crippen MR) is 96.0 cm³/mol. The van der Waals surface area contributed by atoms with Gasteiger partial charge in [-0.3, -0.25) is 0 Å². The number of hydrogen-bond donors (Lipinski definition) is 1. The fourth-order valence-corrected chi connectivity index (χ4v) is 5.19. The maximum Gasteiger partial charge on any atom is 0.322 e. The third-order valence-corrected chi connectivity index (χ3v) is 6.43. The van der Waals surface area contributed by atoms with Crippen molar-refractivity contribution in [3.8, 4) is 11.3 Å². The Bertz CT molecular complexity index is 819. The Morgan fingerprint density at radius 2 is 2.29 bits per heavy atom. The Balaban J connectivity index is 1.73. The van der Waals surface area contributed by atoms with E-state index in [4.69, 9.17) is 0 Å². The van der Waals surface area contributed by atoms with Gasteiger partial charge in [0, 0.05) is 29.2 Å². The van der Waals surface area contributed by atoms with Crippen molar-refractivity contribution < 1.29 is 13.2 Å². The maximum atomic E-state index is 12.5. The van der Waals surface area contributed by atoms with Gasteiger partial charge in [0.1, 0.15) is 0 Å². The van der Waals surface area contributed by atoms with E-state index in [0.717, 1.165) is 11.3 Å². The number of carbonyl (C=O) groups excluding carboxylic acids is 1. The average Bonchev–Trinajstić information content (AvgIpc) is 3.18. The molecule has 2 amide bonds. The molecule has 3 rings (SSSR count). The van der Waals surface area contributed by atoms with Gasteiger partial charge in [0.25, 0.3) is 0 Å². The van der Waals surface area contributed by atoms with E-state index in [1.807, 2.05) is 36.6 Å². The lowest BCUT2D eigenvalue weighted by molar-refractivity contribution is 0.197. The first kappa shape index (κ1) is 16.9. The minimum atomic E-state index is -3.02. The van der Waals surface area contributed by atoms with E-state index < -0.39 is 9.84 Å². The van der Waals surface area contributed by atoms with Crippen LogP contribution in [0.2, 0.25) is 0 Å². The molecule has 1 aliphatic rings. The summed E-state index contributed by atoms with van der Waals surface area (Å²) in [6.07, 6.45) is 0.502. The number of aromatic nitrogens is 1. The van der Waals surface area contributed by atoms with Crippen molar-refractivity contribution in [2.45, 2.75) is 19.4 Å². The van der Waals surface area contributed by atoms with E-state index >= 15 is 0 Å². The Morgan fingerprint density at radius 3 is 2.92 bits per heavy atom. The van der Waals surface area contributed by atoms with Crippen LogP contribution in [0.15, 0.2) is 35.2 Å². The van der Waals surface area contributed by atoms with Crippen LogP contribution in [0.5, 0.6) is 0 Å². The fourth-order valence-electron chi connectivity index (χ4n) is 2.90. The SMILES string of the molecule is CCN(C(=O)Nc1cccc(-c2cscn2)c1)[C@@H]1CCS(=O)(=O)C1. The van der Waals surface area contributed by atoms with E-state index in [-0.39, 0.29) is 23.6 Å². The molecule has 0 radical (unpaired) electrons. The molecule has 1 aromatic heterocycles. The van der Waals surface area contributed by atoms with Crippen LogP contribution in [-0.2, 0) is 9.84 Å². The summed E-state index contributed by atoms with van der Waals surface area (Å²) in [5.41, 5.74) is 4.23. The van der Waals surface area contributed by atoms with Crippen LogP contribution in [0.4, 0.5) is 10.5 Å². The van der Waals surface area contributed by atoms with Gasteiger partial charge in [-0.2, -0.15) is 0 Å². The molecule has 0 spiro atoms. The minimum absolute atomic E-state index is 0.0487. The van der Waals surface area contributed by atoms with E-state index in [9.17, 15) is 13.2 Å². The molecule has 8 heteroatoms. The van der Waals surface area contributed by atoms with Gasteiger partial charge in [-0.1, -0.05) is 12.1 Å². The first-order valence-corrected chi connectivity index (χ1v) is 10.5. The standard InChI is InChI=1S/C16H19N3O3S2/c1-2-19(14-6-7-24(21,22)10-14)16(20)18-13-5-3-4-12(8-13)15-9-23-11-17-15/h3-5,8-9,11,14H,2,6-7,10H2,1H3,(H,18,20)/t14-/m1/s1. The Kier molecular flexibility index (Phi) is 4.86. The molecule has 1 fully saturated rings. The second-order valence-electron chi connectivity index (χ2n) is 5.73. The van der Waals surface area contributed by atoms with Crippen LogP contribution < -0.4 is 5.32 Å². The van der Waals surface area contributed by atoms with Crippen molar-refractivity contribution in [2.75, 3.05) is 23.4 Å². The molecular formula is C16H19N3O3S2. The maximum absolute atomic E-state index is 12.5. The molecule has 2 aromatic rings. The first-order chi connectivity index (χ1) is 11.5. The highest BCUT2D eigenvalue weighted by Crippen LogP contribution is 2.23. The quantitative estimate of drug-likeness (QED) is 0.903. The first-order valence-electron chi connectivity index (χ1n) is 7.75. The van der Waals surface area contributed by atoms with E-state index in [2.05, 4.69) is 10.3 Å². The molecule has 24 heavy (non-hydrogen) atoms. The number of hydrogen-bond acceptors (Lipinski definition) is 5. The Labute approximate surface area is 145 Å². The van der Waals surface area contributed by atoms with Gasteiger partial charge in [-0.25, -0.2) is 18.2 Å². The summed E-state index contributed by atoms with van der Waals surface area (Å²) in [6, 6.07) is 6.96. The summed E-state index contributed by atoms with van der Waals surface area (Å²) in [5, 5.41) is 4.81. The van der Waals surface area contributed by atoms with Gasteiger partial charge in [0.2, 0.25) is 0 Å². The lowest BCUT2D eigenvalue weighted by atomic mass is 10.1. The Hall–Kier alpha value is -1.93. The van der Waals surface area contributed by atoms with Gasteiger partial charge in [-0.05, 0) is 25.5 Å². The summed E-state index contributed by atoms with van der Waals surface area (Å²) in [7, 11) is -3.02. The number of rotatable bonds is 4. The van der Waals surface area contributed by atoms with Crippen molar-refractivity contribution in [3.63, 3.8) is 0 Å². The van der Waals surface area contributed by atoms with Crippen LogP contribution in [0.1, 0.15) is 13.3 Å². The molecule has 1 atom stereocenters. The molecule has 1 saturated heterocycles. The molecule has 1 aromatic carbocycles. The van der Waals surface area contributed by atoms with Crippen molar-refractivity contribution in [2.24, 2.45) is 0 Å². The number of sulfone groups is 1. The number of urea groups is 1. The average molecular weight is 365 g/mol. The zero-order chi connectivity index (χ0) is 17.2. The highest BCUT2D eigenvalue weighted by molar-refractivity contribution is 7.91. The zero-order valence-corrected chi connectivity index (χ0v) is 14.9. The zero-order valence-electron chi connectivity index (χ0n) is 13.3. The van der Waals surface area contributed by atoms with Crippen LogP contribution in [0.3, 0.4) is 0 Å². The van der Waals surface area contributed by atoms with Crippen LogP contribution in [-0.4, -0.2) is 48.4 Å². The summed E-state index contributed by atoms with van der Waals surface area (Å²) < 4.78 is 23.3. The molecule has 6 nitrogen and oxygen atoms in total. The number of carbonyl (C=O) groups is 1. The van der Waals surface area contributed by atoms with Crippen molar-refractivity contribution in [3.05, 3.63) is 35.2 Å². The van der Waals surface area contributed by atoms with Crippen LogP contribution in [0.25, 0.3) is 11.3 Å². The molecule has 0 unspecified atom stereocenters. The number of amides is 2. The third-order valence-electron chi connectivity index (χ3n) is 4.09. The molecular weight excluding hydrogens is 346 g/mol. The van der Waals surface area contributed by atoms with Gasteiger partial charge in [-0.15, -0.1) is 11.3 Å². The van der Waals surface area contributed by atoms with Gasteiger partial charge in [0.05, 0.1) is 22.7 Å². The number of anilines is 1. The fraction of sp³-hybridized carbons (Fsp3) is 0.375. The summed E-state index contributed by atoms with van der Waals surface area (Å²) >= 11 is 1.52. The van der Waals surface area contributed by atoms with Gasteiger partial charge in [0.15, 0.2) is 9.84 Å². The van der Waals surface area contributed by atoms with E-state index in [1.54, 1.807) is 10.4 Å². The van der Waals surface area contributed by atoms with E-state index in [0.29, 0.717) is 18.7 Å². The molecule has 128 valence electrons. The minimum Gasteiger partial charge on any atom is -0.321 e. The van der Waals surface area contributed by atoms with Gasteiger partial charge < -0.3 is 10.2 Å². The second kappa shape index (κ2) is 6.90. The molecule has 0 aliphatic carbocycles. The number of nitrogens with zero attached hydrogens (tertiary/aromatic N) is 2. The highest BCUT2D eigenvalue weighted by Gasteiger charge is 2.33. The molecule has 2 heterocycles. The Morgan fingerprint density at radius 1 is 1.46 bits per heavy atom. The number of thiazole rings is 1. The van der Waals surface area contributed by atoms with Gasteiger partial charge >= 0.3 is 6.03 Å². The number of nitrogens with one attached hydrogen (secondary N) is 1. The number of benzene rings is 1. The molecule has 0 saturated carbocycles. The third kappa shape index (κ3) is 3.76. The van der Waals surface area contributed by atoms with Crippen molar-refractivity contribution in [1.82, 2.24) is 9.88 Å². The van der Waals surface area contributed by atoms with E-state index in [1.165, 1.54) is 11.3 Å². The monoisotopic (exact) mass is 365 g/mol. The lowest BCUT2D eigenvalue weighted by Gasteiger charge is -2.27. The largest absolute Gasteiger partial charge is 0.322 e. The summed E-state index contributed by atoms with van der Waals surface area (Å²) in [5.74, 6) is 0.202. The summed E-state index contributed by atoms with van der Waals surface area (Å²) in [4.78, 5) is 18.4. The summed E-state index contributed by atoms with van der Waals surface area (Å²) in [6.45, 7) is 2.33. The highest BCUT2D eigenvalue weighted by atomic mass is 32.2. The lowest BCUT2D eigenvalue weighted by Crippen LogP contribution is -2.43. The van der Waals surface area contributed by atoms with Crippen molar-refractivity contribution >= 4 is 32.9 Å².